The molecular weight excluding hydrogens is 134 g/mol. The van der Waals surface area contributed by atoms with Crippen LogP contribution in [0.25, 0.3) is 0 Å². The van der Waals surface area contributed by atoms with Crippen LogP contribution in [0.5, 0.6) is 0 Å². The van der Waals surface area contributed by atoms with Gasteiger partial charge in [-0.1, -0.05) is 31.2 Å². The third-order valence-electron chi connectivity index (χ3n) is 2.35. The van der Waals surface area contributed by atoms with Crippen molar-refractivity contribution in [3.8, 4) is 0 Å². The first-order valence-corrected chi connectivity index (χ1v) is 4.16. The molecular formula is C10H13N. The molecule has 0 amide bonds. The zero-order valence-electron chi connectivity index (χ0n) is 6.80. The summed E-state index contributed by atoms with van der Waals surface area (Å²) < 4.78 is 0. The fraction of sp³-hybridized carbons (Fsp3) is 0.400. The average molecular weight is 147 g/mol. The maximum atomic E-state index is 3.39. The van der Waals surface area contributed by atoms with E-state index in [1.807, 2.05) is 0 Å². The molecule has 1 aromatic carbocycles. The van der Waals surface area contributed by atoms with Crippen molar-refractivity contribution < 1.29 is 0 Å². The monoisotopic (exact) mass is 147 g/mol. The summed E-state index contributed by atoms with van der Waals surface area (Å²) in [5.74, 6) is 0.681. The lowest BCUT2D eigenvalue weighted by Gasteiger charge is -2.22. The van der Waals surface area contributed by atoms with Crippen molar-refractivity contribution in [2.75, 3.05) is 6.54 Å². The summed E-state index contributed by atoms with van der Waals surface area (Å²) >= 11 is 0. The lowest BCUT2D eigenvalue weighted by Crippen LogP contribution is -2.26. The third-order valence-corrected chi connectivity index (χ3v) is 2.35. The van der Waals surface area contributed by atoms with Crippen LogP contribution < -0.4 is 5.32 Å². The molecule has 1 aliphatic rings. The molecule has 11 heavy (non-hydrogen) atoms. The third kappa shape index (κ3) is 1.16. The fourth-order valence-electron chi connectivity index (χ4n) is 1.71. The van der Waals surface area contributed by atoms with E-state index in [9.17, 15) is 0 Å². The summed E-state index contributed by atoms with van der Waals surface area (Å²) in [4.78, 5) is 0. The molecule has 0 aromatic heterocycles. The van der Waals surface area contributed by atoms with Crippen molar-refractivity contribution in [3.63, 3.8) is 0 Å². The molecule has 0 saturated carbocycles. The highest BCUT2D eigenvalue weighted by atomic mass is 14.9. The second kappa shape index (κ2) is 2.67. The van der Waals surface area contributed by atoms with E-state index < -0.39 is 0 Å². The van der Waals surface area contributed by atoms with Crippen LogP contribution >= 0.6 is 0 Å². The molecule has 0 radical (unpaired) electrons. The van der Waals surface area contributed by atoms with Crippen molar-refractivity contribution in [3.05, 3.63) is 35.4 Å². The molecule has 1 nitrogen and oxygen atoms in total. The molecule has 1 heterocycles. The smallest absolute Gasteiger partial charge is 0.0208 e. The Bertz CT molecular complexity index is 255. The second-order valence-electron chi connectivity index (χ2n) is 3.23. The van der Waals surface area contributed by atoms with Crippen molar-refractivity contribution in [1.82, 2.24) is 5.32 Å². The van der Waals surface area contributed by atoms with Gasteiger partial charge in [-0.2, -0.15) is 0 Å². The normalized spacial score (nSPS) is 22.8. The molecule has 0 spiro atoms. The molecule has 1 heteroatoms. The quantitative estimate of drug-likeness (QED) is 0.591. The summed E-state index contributed by atoms with van der Waals surface area (Å²) in [7, 11) is 0. The number of nitrogens with one attached hydrogen (secondary N) is 1. The number of rotatable bonds is 0. The SMILES string of the molecule is C[C@H]1CNCc2ccccc21. The molecule has 1 atom stereocenters. The van der Waals surface area contributed by atoms with Gasteiger partial charge in [-0.05, 0) is 17.0 Å². The largest absolute Gasteiger partial charge is 0.312 e. The first-order chi connectivity index (χ1) is 5.38. The highest BCUT2D eigenvalue weighted by molar-refractivity contribution is 5.31. The standard InChI is InChI=1S/C10H13N/c1-8-6-11-7-9-4-2-3-5-10(8)9/h2-5,8,11H,6-7H2,1H3/t8-/m0/s1. The van der Waals surface area contributed by atoms with E-state index in [0.717, 1.165) is 13.1 Å². The van der Waals surface area contributed by atoms with Gasteiger partial charge in [0.15, 0.2) is 0 Å². The number of fused-ring (bicyclic) bond motifs is 1. The minimum atomic E-state index is 0.681. The first kappa shape index (κ1) is 6.86. The Morgan fingerprint density at radius 3 is 3.00 bits per heavy atom. The lowest BCUT2D eigenvalue weighted by molar-refractivity contribution is 0.571. The van der Waals surface area contributed by atoms with Gasteiger partial charge in [-0.3, -0.25) is 0 Å². The Balaban J connectivity index is 2.44. The van der Waals surface area contributed by atoms with E-state index in [-0.39, 0.29) is 0 Å². The van der Waals surface area contributed by atoms with Gasteiger partial charge in [-0.15, -0.1) is 0 Å². The molecule has 0 aliphatic carbocycles. The Morgan fingerprint density at radius 2 is 2.18 bits per heavy atom. The van der Waals surface area contributed by atoms with Crippen LogP contribution in [-0.2, 0) is 6.54 Å². The number of hydrogen-bond acceptors (Lipinski definition) is 1. The summed E-state index contributed by atoms with van der Waals surface area (Å²) in [5, 5.41) is 3.39. The van der Waals surface area contributed by atoms with Gasteiger partial charge in [0.05, 0.1) is 0 Å². The highest BCUT2D eigenvalue weighted by Gasteiger charge is 2.13. The van der Waals surface area contributed by atoms with Gasteiger partial charge in [0, 0.05) is 13.1 Å². The maximum Gasteiger partial charge on any atom is 0.0208 e. The summed E-state index contributed by atoms with van der Waals surface area (Å²) in [6.45, 7) is 4.43. The Kier molecular flexibility index (Phi) is 1.66. The lowest BCUT2D eigenvalue weighted by atomic mass is 9.93. The van der Waals surface area contributed by atoms with Crippen LogP contribution in [0.3, 0.4) is 0 Å². The van der Waals surface area contributed by atoms with Gasteiger partial charge in [0.1, 0.15) is 0 Å². The van der Waals surface area contributed by atoms with Crippen LogP contribution in [0.15, 0.2) is 24.3 Å². The Labute approximate surface area is 67.4 Å². The van der Waals surface area contributed by atoms with Crippen LogP contribution in [0.4, 0.5) is 0 Å². The van der Waals surface area contributed by atoms with Crippen LogP contribution in [0, 0.1) is 0 Å². The van der Waals surface area contributed by atoms with E-state index in [2.05, 4.69) is 36.5 Å². The Hall–Kier alpha value is -0.820. The minimum absolute atomic E-state index is 0.681. The van der Waals surface area contributed by atoms with Crippen molar-refractivity contribution in [2.24, 2.45) is 0 Å². The minimum Gasteiger partial charge on any atom is -0.312 e. The summed E-state index contributed by atoms with van der Waals surface area (Å²) in [6, 6.07) is 8.68. The zero-order chi connectivity index (χ0) is 7.68. The Morgan fingerprint density at radius 1 is 1.36 bits per heavy atom. The predicted octanol–water partition coefficient (Wildman–Crippen LogP) is 1.89. The van der Waals surface area contributed by atoms with Gasteiger partial charge < -0.3 is 5.32 Å². The average Bonchev–Trinajstić information content (AvgIpc) is 2.06. The molecule has 0 saturated heterocycles. The molecule has 0 unspecified atom stereocenters. The molecule has 58 valence electrons. The summed E-state index contributed by atoms with van der Waals surface area (Å²) in [6.07, 6.45) is 0. The van der Waals surface area contributed by atoms with E-state index in [1.165, 1.54) is 11.1 Å². The zero-order valence-corrected chi connectivity index (χ0v) is 6.80. The topological polar surface area (TPSA) is 12.0 Å². The number of benzene rings is 1. The van der Waals surface area contributed by atoms with E-state index in [0.29, 0.717) is 5.92 Å². The van der Waals surface area contributed by atoms with E-state index in [1.54, 1.807) is 0 Å². The van der Waals surface area contributed by atoms with Crippen LogP contribution in [-0.4, -0.2) is 6.54 Å². The predicted molar refractivity (Wildman–Crippen MR) is 46.6 cm³/mol. The van der Waals surface area contributed by atoms with Crippen molar-refractivity contribution >= 4 is 0 Å². The molecule has 0 bridgehead atoms. The van der Waals surface area contributed by atoms with Gasteiger partial charge in [0.2, 0.25) is 0 Å². The highest BCUT2D eigenvalue weighted by Crippen LogP contribution is 2.22. The van der Waals surface area contributed by atoms with Crippen molar-refractivity contribution in [2.45, 2.75) is 19.4 Å². The van der Waals surface area contributed by atoms with Gasteiger partial charge in [0.25, 0.3) is 0 Å². The maximum absolute atomic E-state index is 3.39. The van der Waals surface area contributed by atoms with Gasteiger partial charge in [-0.25, -0.2) is 0 Å². The molecule has 1 N–H and O–H groups in total. The van der Waals surface area contributed by atoms with Crippen LogP contribution in [0.1, 0.15) is 24.0 Å². The molecule has 0 fully saturated rings. The van der Waals surface area contributed by atoms with E-state index in [4.69, 9.17) is 0 Å². The van der Waals surface area contributed by atoms with E-state index >= 15 is 0 Å². The van der Waals surface area contributed by atoms with Gasteiger partial charge >= 0.3 is 0 Å². The fourth-order valence-corrected chi connectivity index (χ4v) is 1.71. The molecule has 1 aliphatic heterocycles. The molecule has 2 rings (SSSR count). The van der Waals surface area contributed by atoms with Crippen molar-refractivity contribution in [1.29, 1.82) is 0 Å². The summed E-state index contributed by atoms with van der Waals surface area (Å²) in [5.41, 5.74) is 2.98. The number of hydrogen-bond donors (Lipinski definition) is 1. The van der Waals surface area contributed by atoms with Crippen LogP contribution in [0.2, 0.25) is 0 Å². The molecule has 1 aromatic rings. The second-order valence-corrected chi connectivity index (χ2v) is 3.23. The first-order valence-electron chi connectivity index (χ1n) is 4.16.